The minimum absolute atomic E-state index is 0.111. The van der Waals surface area contributed by atoms with Gasteiger partial charge in [0.2, 0.25) is 5.91 Å². The molecule has 0 N–H and O–H groups in total. The second-order valence-electron chi connectivity index (χ2n) is 9.03. The van der Waals surface area contributed by atoms with E-state index in [9.17, 15) is 18.0 Å². The van der Waals surface area contributed by atoms with Crippen molar-refractivity contribution in [1.82, 2.24) is 9.80 Å². The second kappa shape index (κ2) is 7.87. The van der Waals surface area contributed by atoms with Crippen molar-refractivity contribution in [1.29, 1.82) is 0 Å². The standard InChI is InChI=1S/C22H30N2O5S/c1-14(2)29-20-8-7-17(30(3,27)28)12-18(20)22(26)23-11-10-19-15(13-23)4-9-21(25)24(19)16-5-6-16/h7-8,12,14-16,19H,4-6,9-11,13H2,1-3H3. The third-order valence-electron chi connectivity index (χ3n) is 6.27. The Kier molecular flexibility index (Phi) is 5.55. The molecule has 1 aromatic rings. The van der Waals surface area contributed by atoms with Crippen LogP contribution >= 0.6 is 0 Å². The highest BCUT2D eigenvalue weighted by Crippen LogP contribution is 2.39. The normalized spacial score (nSPS) is 24.7. The first-order chi connectivity index (χ1) is 14.1. The van der Waals surface area contributed by atoms with Gasteiger partial charge in [-0.05, 0) is 63.6 Å². The Morgan fingerprint density at radius 1 is 1.17 bits per heavy atom. The summed E-state index contributed by atoms with van der Waals surface area (Å²) < 4.78 is 29.9. The van der Waals surface area contributed by atoms with Crippen LogP contribution in [-0.4, -0.2) is 67.6 Å². The molecule has 2 unspecified atom stereocenters. The van der Waals surface area contributed by atoms with Gasteiger partial charge >= 0.3 is 0 Å². The molecule has 2 amide bonds. The highest BCUT2D eigenvalue weighted by atomic mass is 32.2. The predicted octanol–water partition coefficient (Wildman–Crippen LogP) is 2.49. The number of fused-ring (bicyclic) bond motifs is 1. The first-order valence-electron chi connectivity index (χ1n) is 10.8. The van der Waals surface area contributed by atoms with E-state index in [4.69, 9.17) is 4.74 Å². The van der Waals surface area contributed by atoms with Gasteiger partial charge in [0.1, 0.15) is 5.75 Å². The van der Waals surface area contributed by atoms with Crippen molar-refractivity contribution in [3.8, 4) is 5.75 Å². The first-order valence-corrected chi connectivity index (χ1v) is 12.7. The largest absolute Gasteiger partial charge is 0.490 e. The molecule has 7 nitrogen and oxygen atoms in total. The van der Waals surface area contributed by atoms with Crippen molar-refractivity contribution in [3.63, 3.8) is 0 Å². The lowest BCUT2D eigenvalue weighted by Crippen LogP contribution is -2.57. The third kappa shape index (κ3) is 4.19. The SMILES string of the molecule is CC(C)Oc1ccc(S(C)(=O)=O)cc1C(=O)N1CCC2C(CCC(=O)N2C2CC2)C1. The van der Waals surface area contributed by atoms with Crippen LogP contribution in [0.4, 0.5) is 0 Å². The number of nitrogens with zero attached hydrogens (tertiary/aromatic N) is 2. The van der Waals surface area contributed by atoms with Crippen LogP contribution in [-0.2, 0) is 14.6 Å². The lowest BCUT2D eigenvalue weighted by molar-refractivity contribution is -0.141. The zero-order chi connectivity index (χ0) is 21.6. The van der Waals surface area contributed by atoms with E-state index in [2.05, 4.69) is 4.90 Å². The molecule has 164 valence electrons. The number of hydrogen-bond acceptors (Lipinski definition) is 5. The Labute approximate surface area is 178 Å². The summed E-state index contributed by atoms with van der Waals surface area (Å²) in [6.07, 6.45) is 5.29. The maximum atomic E-state index is 13.4. The summed E-state index contributed by atoms with van der Waals surface area (Å²) in [4.78, 5) is 29.8. The van der Waals surface area contributed by atoms with Crippen LogP contribution in [0.2, 0.25) is 0 Å². The quantitative estimate of drug-likeness (QED) is 0.711. The molecule has 1 saturated carbocycles. The molecular formula is C22H30N2O5S. The molecule has 1 aliphatic carbocycles. The van der Waals surface area contributed by atoms with Gasteiger partial charge in [-0.1, -0.05) is 0 Å². The van der Waals surface area contributed by atoms with Crippen LogP contribution in [0.25, 0.3) is 0 Å². The average Bonchev–Trinajstić information content (AvgIpc) is 3.51. The Morgan fingerprint density at radius 2 is 1.90 bits per heavy atom. The number of benzene rings is 1. The maximum absolute atomic E-state index is 13.4. The highest BCUT2D eigenvalue weighted by molar-refractivity contribution is 7.90. The molecular weight excluding hydrogens is 404 g/mol. The minimum Gasteiger partial charge on any atom is -0.490 e. The van der Waals surface area contributed by atoms with Crippen LogP contribution in [0.5, 0.6) is 5.75 Å². The van der Waals surface area contributed by atoms with E-state index in [0.717, 1.165) is 31.9 Å². The van der Waals surface area contributed by atoms with Crippen LogP contribution in [0.15, 0.2) is 23.1 Å². The van der Waals surface area contributed by atoms with E-state index < -0.39 is 9.84 Å². The van der Waals surface area contributed by atoms with Gasteiger partial charge in [0.25, 0.3) is 5.91 Å². The van der Waals surface area contributed by atoms with Crippen molar-refractivity contribution in [2.75, 3.05) is 19.3 Å². The van der Waals surface area contributed by atoms with Crippen molar-refractivity contribution in [2.45, 2.75) is 69.0 Å². The Bertz CT molecular complexity index is 954. The summed E-state index contributed by atoms with van der Waals surface area (Å²) in [5.41, 5.74) is 0.288. The van der Waals surface area contributed by atoms with E-state index in [0.29, 0.717) is 31.3 Å². The summed E-state index contributed by atoms with van der Waals surface area (Å²) in [7, 11) is -3.44. The summed E-state index contributed by atoms with van der Waals surface area (Å²) in [6, 6.07) is 5.10. The number of rotatable bonds is 5. The number of carbonyl (C=O) groups excluding carboxylic acids is 2. The average molecular weight is 435 g/mol. The molecule has 2 atom stereocenters. The molecule has 0 bridgehead atoms. The smallest absolute Gasteiger partial charge is 0.257 e. The molecule has 2 heterocycles. The molecule has 0 aromatic heterocycles. The van der Waals surface area contributed by atoms with Gasteiger partial charge in [0.05, 0.1) is 16.6 Å². The van der Waals surface area contributed by atoms with Gasteiger partial charge in [0, 0.05) is 37.8 Å². The van der Waals surface area contributed by atoms with Gasteiger partial charge in [-0.3, -0.25) is 9.59 Å². The fraction of sp³-hybridized carbons (Fsp3) is 0.636. The number of likely N-dealkylation sites (tertiary alicyclic amines) is 2. The van der Waals surface area contributed by atoms with Crippen molar-refractivity contribution >= 4 is 21.7 Å². The molecule has 0 spiro atoms. The zero-order valence-electron chi connectivity index (χ0n) is 17.8. The molecule has 30 heavy (non-hydrogen) atoms. The van der Waals surface area contributed by atoms with Crippen LogP contribution < -0.4 is 4.74 Å². The molecule has 2 saturated heterocycles. The predicted molar refractivity (Wildman–Crippen MR) is 112 cm³/mol. The fourth-order valence-corrected chi connectivity index (χ4v) is 5.39. The Balaban J connectivity index is 1.58. The maximum Gasteiger partial charge on any atom is 0.257 e. The van der Waals surface area contributed by atoms with Crippen molar-refractivity contribution in [2.24, 2.45) is 5.92 Å². The molecule has 3 aliphatic rings. The number of ether oxygens (including phenoxy) is 1. The number of piperidine rings is 2. The second-order valence-corrected chi connectivity index (χ2v) is 11.1. The van der Waals surface area contributed by atoms with Gasteiger partial charge in [-0.15, -0.1) is 0 Å². The van der Waals surface area contributed by atoms with Crippen LogP contribution in [0.1, 0.15) is 56.3 Å². The molecule has 2 aliphatic heterocycles. The molecule has 0 radical (unpaired) electrons. The molecule has 8 heteroatoms. The van der Waals surface area contributed by atoms with Crippen molar-refractivity contribution < 1.29 is 22.7 Å². The van der Waals surface area contributed by atoms with Gasteiger partial charge in [-0.25, -0.2) is 8.42 Å². The summed E-state index contributed by atoms with van der Waals surface area (Å²) in [5.74, 6) is 0.730. The van der Waals surface area contributed by atoms with E-state index in [1.54, 1.807) is 11.0 Å². The minimum atomic E-state index is -3.44. The molecule has 4 rings (SSSR count). The summed E-state index contributed by atoms with van der Waals surface area (Å²) in [5, 5.41) is 0. The number of sulfone groups is 1. The van der Waals surface area contributed by atoms with E-state index >= 15 is 0 Å². The van der Waals surface area contributed by atoms with Gasteiger partial charge < -0.3 is 14.5 Å². The topological polar surface area (TPSA) is 84.0 Å². The summed E-state index contributed by atoms with van der Waals surface area (Å²) in [6.45, 7) is 4.89. The number of carbonyl (C=O) groups is 2. The Morgan fingerprint density at radius 3 is 2.53 bits per heavy atom. The highest BCUT2D eigenvalue weighted by Gasteiger charge is 2.46. The van der Waals surface area contributed by atoms with Crippen LogP contribution in [0.3, 0.4) is 0 Å². The molecule has 3 fully saturated rings. The third-order valence-corrected chi connectivity index (χ3v) is 7.38. The first kappa shape index (κ1) is 21.2. The van der Waals surface area contributed by atoms with Gasteiger partial charge in [0.15, 0.2) is 9.84 Å². The molecule has 1 aromatic carbocycles. The van der Waals surface area contributed by atoms with E-state index in [1.807, 2.05) is 13.8 Å². The lowest BCUT2D eigenvalue weighted by atomic mass is 9.83. The summed E-state index contributed by atoms with van der Waals surface area (Å²) >= 11 is 0. The number of hydrogen-bond donors (Lipinski definition) is 0. The van der Waals surface area contributed by atoms with E-state index in [-0.39, 0.29) is 40.3 Å². The lowest BCUT2D eigenvalue weighted by Gasteiger charge is -2.47. The number of amides is 2. The fourth-order valence-electron chi connectivity index (χ4n) is 4.74. The van der Waals surface area contributed by atoms with Gasteiger partial charge in [-0.2, -0.15) is 0 Å². The van der Waals surface area contributed by atoms with Crippen LogP contribution in [0, 0.1) is 5.92 Å². The van der Waals surface area contributed by atoms with E-state index in [1.165, 1.54) is 12.1 Å². The Hall–Kier alpha value is -2.09. The van der Waals surface area contributed by atoms with Crippen molar-refractivity contribution in [3.05, 3.63) is 23.8 Å². The zero-order valence-corrected chi connectivity index (χ0v) is 18.7. The monoisotopic (exact) mass is 434 g/mol.